The summed E-state index contributed by atoms with van der Waals surface area (Å²) in [5.74, 6) is 1.44. The standard InChI is InChI=1S/C32H44N4O4/c1-22(2)35(23(3)4)19-18-31(37)33-26-13-10-24(11-14-26)21-36-32(38)17-15-28(34-36)25-12-16-29(39-5)30(20-25)40-27-8-6-7-9-27/h10-14,16,20,22-23,27H,6-9,15,17-19,21H2,1-5H3,(H,33,37). The molecule has 4 rings (SSSR count). The van der Waals surface area contributed by atoms with E-state index in [0.717, 1.165) is 47.7 Å². The van der Waals surface area contributed by atoms with E-state index in [4.69, 9.17) is 14.6 Å². The van der Waals surface area contributed by atoms with Gasteiger partial charge < -0.3 is 14.8 Å². The third kappa shape index (κ3) is 7.84. The van der Waals surface area contributed by atoms with Crippen molar-refractivity contribution in [3.63, 3.8) is 0 Å². The van der Waals surface area contributed by atoms with Gasteiger partial charge in [0.05, 0.1) is 25.5 Å². The molecule has 0 saturated heterocycles. The molecule has 0 aromatic heterocycles. The van der Waals surface area contributed by atoms with Gasteiger partial charge in [-0.15, -0.1) is 0 Å². The number of methoxy groups -OCH3 is 1. The van der Waals surface area contributed by atoms with Crippen LogP contribution in [0.25, 0.3) is 0 Å². The normalized spacial score (nSPS) is 16.1. The molecule has 8 heteroatoms. The predicted octanol–water partition coefficient (Wildman–Crippen LogP) is 5.99. The first-order chi connectivity index (χ1) is 19.2. The van der Waals surface area contributed by atoms with Crippen LogP contribution in [0.2, 0.25) is 0 Å². The zero-order chi connectivity index (χ0) is 28.6. The van der Waals surface area contributed by atoms with Gasteiger partial charge in [-0.25, -0.2) is 5.01 Å². The fourth-order valence-electron chi connectivity index (χ4n) is 5.50. The van der Waals surface area contributed by atoms with Gasteiger partial charge in [-0.2, -0.15) is 5.10 Å². The van der Waals surface area contributed by atoms with Gasteiger partial charge in [0.15, 0.2) is 11.5 Å². The van der Waals surface area contributed by atoms with E-state index in [9.17, 15) is 9.59 Å². The lowest BCUT2D eigenvalue weighted by Crippen LogP contribution is -2.39. The summed E-state index contributed by atoms with van der Waals surface area (Å²) < 4.78 is 11.8. The van der Waals surface area contributed by atoms with E-state index in [-0.39, 0.29) is 17.9 Å². The molecule has 2 aliphatic rings. The van der Waals surface area contributed by atoms with E-state index in [1.165, 1.54) is 12.8 Å². The SMILES string of the molecule is COc1ccc(C2=NN(Cc3ccc(NC(=O)CCN(C(C)C)C(C)C)cc3)C(=O)CC2)cc1OC1CCCC1. The third-order valence-corrected chi connectivity index (χ3v) is 7.69. The summed E-state index contributed by atoms with van der Waals surface area (Å²) in [6.45, 7) is 9.69. The zero-order valence-electron chi connectivity index (χ0n) is 24.6. The molecule has 2 amide bonds. The summed E-state index contributed by atoms with van der Waals surface area (Å²) in [6, 6.07) is 14.3. The topological polar surface area (TPSA) is 83.5 Å². The van der Waals surface area contributed by atoms with Gasteiger partial charge in [0.25, 0.3) is 0 Å². The summed E-state index contributed by atoms with van der Waals surface area (Å²) in [6.07, 6.45) is 6.16. The van der Waals surface area contributed by atoms with Crippen LogP contribution in [0, 0.1) is 0 Å². The van der Waals surface area contributed by atoms with Crippen LogP contribution >= 0.6 is 0 Å². The molecule has 1 aliphatic carbocycles. The summed E-state index contributed by atoms with van der Waals surface area (Å²) in [5.41, 5.74) is 3.50. The van der Waals surface area contributed by atoms with Crippen molar-refractivity contribution in [1.82, 2.24) is 9.91 Å². The second-order valence-corrected chi connectivity index (χ2v) is 11.3. The molecule has 1 N–H and O–H groups in total. The minimum atomic E-state index is -0.00438. The highest BCUT2D eigenvalue weighted by Crippen LogP contribution is 2.33. The van der Waals surface area contributed by atoms with Crippen molar-refractivity contribution in [2.45, 2.75) is 97.4 Å². The van der Waals surface area contributed by atoms with Crippen LogP contribution in [0.5, 0.6) is 11.5 Å². The Hall–Kier alpha value is -3.39. The summed E-state index contributed by atoms with van der Waals surface area (Å²) >= 11 is 0. The van der Waals surface area contributed by atoms with Crippen molar-refractivity contribution in [2.75, 3.05) is 19.0 Å². The lowest BCUT2D eigenvalue weighted by molar-refractivity contribution is -0.132. The average Bonchev–Trinajstić information content (AvgIpc) is 3.44. The highest BCUT2D eigenvalue weighted by Gasteiger charge is 2.24. The molecule has 0 atom stereocenters. The molecule has 1 saturated carbocycles. The number of hydrogen-bond donors (Lipinski definition) is 1. The van der Waals surface area contributed by atoms with Crippen molar-refractivity contribution in [1.29, 1.82) is 0 Å². The predicted molar refractivity (Wildman–Crippen MR) is 159 cm³/mol. The molecule has 0 radical (unpaired) electrons. The Morgan fingerprint density at radius 2 is 1.73 bits per heavy atom. The largest absolute Gasteiger partial charge is 0.493 e. The number of rotatable bonds is 12. The van der Waals surface area contributed by atoms with Crippen LogP contribution in [0.15, 0.2) is 47.6 Å². The Morgan fingerprint density at radius 1 is 1.02 bits per heavy atom. The molecule has 1 aliphatic heterocycles. The smallest absolute Gasteiger partial charge is 0.243 e. The summed E-state index contributed by atoms with van der Waals surface area (Å²) in [5, 5.41) is 9.26. The first-order valence-electron chi connectivity index (χ1n) is 14.6. The Kier molecular flexibility index (Phi) is 10.2. The van der Waals surface area contributed by atoms with Crippen LogP contribution in [0.4, 0.5) is 5.69 Å². The summed E-state index contributed by atoms with van der Waals surface area (Å²) in [4.78, 5) is 27.5. The number of carbonyl (C=O) groups excluding carboxylic acids is 2. The minimum absolute atomic E-state index is 0.00284. The molecular formula is C32H44N4O4. The van der Waals surface area contributed by atoms with E-state index in [1.807, 2.05) is 42.5 Å². The monoisotopic (exact) mass is 548 g/mol. The zero-order valence-corrected chi connectivity index (χ0v) is 24.6. The molecule has 0 bridgehead atoms. The number of anilines is 1. The van der Waals surface area contributed by atoms with Crippen LogP contribution in [0.3, 0.4) is 0 Å². The highest BCUT2D eigenvalue weighted by molar-refractivity contribution is 6.04. The van der Waals surface area contributed by atoms with E-state index in [2.05, 4.69) is 37.9 Å². The van der Waals surface area contributed by atoms with Gasteiger partial charge in [-0.05, 0) is 89.3 Å². The maximum absolute atomic E-state index is 12.7. The average molecular weight is 549 g/mol. The Bertz CT molecular complexity index is 1180. The van der Waals surface area contributed by atoms with Crippen molar-refractivity contribution in [3.05, 3.63) is 53.6 Å². The summed E-state index contributed by atoms with van der Waals surface area (Å²) in [7, 11) is 1.65. The number of nitrogens with one attached hydrogen (secondary N) is 1. The second kappa shape index (κ2) is 13.8. The molecule has 216 valence electrons. The first-order valence-corrected chi connectivity index (χ1v) is 14.6. The van der Waals surface area contributed by atoms with Gasteiger partial charge in [0, 0.05) is 49.1 Å². The first kappa shape index (κ1) is 29.6. The number of hydrogen-bond acceptors (Lipinski definition) is 6. The van der Waals surface area contributed by atoms with Gasteiger partial charge in [0.2, 0.25) is 11.8 Å². The molecule has 2 aromatic rings. The number of nitrogens with zero attached hydrogens (tertiary/aromatic N) is 3. The molecular weight excluding hydrogens is 504 g/mol. The highest BCUT2D eigenvalue weighted by atomic mass is 16.5. The molecule has 8 nitrogen and oxygen atoms in total. The number of amides is 2. The van der Waals surface area contributed by atoms with Gasteiger partial charge in [-0.1, -0.05) is 12.1 Å². The quantitative estimate of drug-likeness (QED) is 0.352. The molecule has 40 heavy (non-hydrogen) atoms. The Morgan fingerprint density at radius 3 is 2.38 bits per heavy atom. The fraction of sp³-hybridized carbons (Fsp3) is 0.531. The van der Waals surface area contributed by atoms with Crippen molar-refractivity contribution in [2.24, 2.45) is 5.10 Å². The molecule has 1 heterocycles. The Labute approximate surface area is 238 Å². The second-order valence-electron chi connectivity index (χ2n) is 11.3. The fourth-order valence-corrected chi connectivity index (χ4v) is 5.50. The van der Waals surface area contributed by atoms with E-state index >= 15 is 0 Å². The number of benzene rings is 2. The van der Waals surface area contributed by atoms with Crippen LogP contribution in [-0.4, -0.2) is 59.3 Å². The van der Waals surface area contributed by atoms with Gasteiger partial charge >= 0.3 is 0 Å². The number of ether oxygens (including phenoxy) is 2. The molecule has 0 spiro atoms. The van der Waals surface area contributed by atoms with Gasteiger partial charge in [-0.3, -0.25) is 14.5 Å². The number of carbonyl (C=O) groups is 2. The molecule has 2 aromatic carbocycles. The van der Waals surface area contributed by atoms with Crippen LogP contribution in [0.1, 0.15) is 83.8 Å². The molecule has 0 unspecified atom stereocenters. The van der Waals surface area contributed by atoms with E-state index in [1.54, 1.807) is 12.1 Å². The minimum Gasteiger partial charge on any atom is -0.493 e. The van der Waals surface area contributed by atoms with Crippen LogP contribution in [-0.2, 0) is 16.1 Å². The maximum atomic E-state index is 12.7. The van der Waals surface area contributed by atoms with E-state index in [0.29, 0.717) is 43.6 Å². The molecule has 1 fully saturated rings. The van der Waals surface area contributed by atoms with Crippen LogP contribution < -0.4 is 14.8 Å². The Balaban J connectivity index is 1.38. The number of hydrazone groups is 1. The van der Waals surface area contributed by atoms with E-state index < -0.39 is 0 Å². The maximum Gasteiger partial charge on any atom is 0.243 e. The lowest BCUT2D eigenvalue weighted by atomic mass is 10.0. The third-order valence-electron chi connectivity index (χ3n) is 7.69. The van der Waals surface area contributed by atoms with Crippen molar-refractivity contribution in [3.8, 4) is 11.5 Å². The lowest BCUT2D eigenvalue weighted by Gasteiger charge is -2.30. The van der Waals surface area contributed by atoms with Crippen molar-refractivity contribution >= 4 is 23.2 Å². The van der Waals surface area contributed by atoms with Crippen molar-refractivity contribution < 1.29 is 19.1 Å². The van der Waals surface area contributed by atoms with Gasteiger partial charge in [0.1, 0.15) is 0 Å².